The Morgan fingerprint density at radius 2 is 2.20 bits per heavy atom. The van der Waals surface area contributed by atoms with E-state index in [1.165, 1.54) is 10.6 Å². The van der Waals surface area contributed by atoms with Crippen molar-refractivity contribution in [2.75, 3.05) is 0 Å². The number of rotatable bonds is 7. The lowest BCUT2D eigenvalue weighted by Gasteiger charge is -2.10. The summed E-state index contributed by atoms with van der Waals surface area (Å²) in [5.41, 5.74) is 2.36. The first-order valence-corrected chi connectivity index (χ1v) is 8.18. The van der Waals surface area contributed by atoms with Crippen molar-refractivity contribution >= 4 is 11.3 Å². The molecule has 1 atom stereocenters. The van der Waals surface area contributed by atoms with E-state index in [0.717, 1.165) is 36.4 Å². The van der Waals surface area contributed by atoms with Gasteiger partial charge in [0.2, 0.25) is 0 Å². The third kappa shape index (κ3) is 3.87. The van der Waals surface area contributed by atoms with Crippen molar-refractivity contribution in [3.8, 4) is 10.6 Å². The van der Waals surface area contributed by atoms with Gasteiger partial charge in [0.15, 0.2) is 0 Å². The maximum absolute atomic E-state index is 4.81. The number of pyridine rings is 1. The van der Waals surface area contributed by atoms with Gasteiger partial charge in [0.25, 0.3) is 0 Å². The zero-order chi connectivity index (χ0) is 14.4. The van der Waals surface area contributed by atoms with E-state index in [4.69, 9.17) is 4.98 Å². The van der Waals surface area contributed by atoms with Crippen LogP contribution in [0.2, 0.25) is 0 Å². The summed E-state index contributed by atoms with van der Waals surface area (Å²) in [6.45, 7) is 7.55. The molecule has 2 aromatic heterocycles. The second-order valence-corrected chi connectivity index (χ2v) is 6.15. The minimum atomic E-state index is 0.549. The topological polar surface area (TPSA) is 37.8 Å². The van der Waals surface area contributed by atoms with Gasteiger partial charge in [0.1, 0.15) is 5.01 Å². The second kappa shape index (κ2) is 7.50. The molecule has 0 saturated heterocycles. The molecule has 0 fully saturated rings. The molecule has 0 aliphatic carbocycles. The highest BCUT2D eigenvalue weighted by Crippen LogP contribution is 2.28. The largest absolute Gasteiger partial charge is 0.309 e. The van der Waals surface area contributed by atoms with Gasteiger partial charge >= 0.3 is 0 Å². The smallest absolute Gasteiger partial charge is 0.125 e. The molecular weight excluding hydrogens is 266 g/mol. The van der Waals surface area contributed by atoms with Crippen molar-refractivity contribution in [1.82, 2.24) is 15.3 Å². The lowest BCUT2D eigenvalue weighted by molar-refractivity contribution is 0.535. The SMILES string of the molecule is CCCc1nc(-c2cccnc2)sc1CNC(C)CC. The monoisotopic (exact) mass is 289 g/mol. The standard InChI is InChI=1S/C16H23N3S/c1-4-7-14-15(11-18-12(3)5-2)20-16(19-14)13-8-6-9-17-10-13/h6,8-10,12,18H,4-5,7,11H2,1-3H3. The Balaban J connectivity index is 2.19. The number of nitrogens with one attached hydrogen (secondary N) is 1. The van der Waals surface area contributed by atoms with Crippen LogP contribution in [0.25, 0.3) is 10.6 Å². The Bertz CT molecular complexity index is 522. The number of nitrogens with zero attached hydrogens (tertiary/aromatic N) is 2. The molecule has 1 unspecified atom stereocenters. The van der Waals surface area contributed by atoms with E-state index in [1.54, 1.807) is 17.5 Å². The fraction of sp³-hybridized carbons (Fsp3) is 0.500. The zero-order valence-corrected chi connectivity index (χ0v) is 13.3. The van der Waals surface area contributed by atoms with Gasteiger partial charge in [-0.3, -0.25) is 4.98 Å². The summed E-state index contributed by atoms with van der Waals surface area (Å²) in [4.78, 5) is 10.4. The average molecular weight is 289 g/mol. The number of hydrogen-bond acceptors (Lipinski definition) is 4. The summed E-state index contributed by atoms with van der Waals surface area (Å²) in [6.07, 6.45) is 7.02. The van der Waals surface area contributed by atoms with E-state index in [9.17, 15) is 0 Å². The molecule has 108 valence electrons. The van der Waals surface area contributed by atoms with Gasteiger partial charge in [-0.2, -0.15) is 0 Å². The number of aryl methyl sites for hydroxylation is 1. The van der Waals surface area contributed by atoms with Crippen LogP contribution in [0.4, 0.5) is 0 Å². The lowest BCUT2D eigenvalue weighted by atomic mass is 10.2. The van der Waals surface area contributed by atoms with Crippen LogP contribution in [0.1, 0.15) is 44.2 Å². The van der Waals surface area contributed by atoms with E-state index >= 15 is 0 Å². The van der Waals surface area contributed by atoms with Crippen LogP contribution >= 0.6 is 11.3 Å². The molecule has 0 saturated carbocycles. The predicted octanol–water partition coefficient (Wildman–Crippen LogP) is 4.05. The Labute approximate surface area is 125 Å². The summed E-state index contributed by atoms with van der Waals surface area (Å²) in [7, 11) is 0. The van der Waals surface area contributed by atoms with E-state index in [0.29, 0.717) is 6.04 Å². The molecule has 1 N–H and O–H groups in total. The van der Waals surface area contributed by atoms with Crippen LogP contribution < -0.4 is 5.32 Å². The van der Waals surface area contributed by atoms with Gasteiger partial charge in [-0.1, -0.05) is 20.3 Å². The molecule has 0 spiro atoms. The first-order valence-electron chi connectivity index (χ1n) is 7.37. The molecule has 0 aromatic carbocycles. The lowest BCUT2D eigenvalue weighted by Crippen LogP contribution is -2.24. The van der Waals surface area contributed by atoms with E-state index in [1.807, 2.05) is 12.3 Å². The highest BCUT2D eigenvalue weighted by atomic mass is 32.1. The maximum atomic E-state index is 4.81. The highest BCUT2D eigenvalue weighted by molar-refractivity contribution is 7.15. The summed E-state index contributed by atoms with van der Waals surface area (Å²) >= 11 is 1.79. The van der Waals surface area contributed by atoms with Crippen LogP contribution in [0, 0.1) is 0 Å². The van der Waals surface area contributed by atoms with Gasteiger partial charge in [-0.05, 0) is 31.9 Å². The zero-order valence-electron chi connectivity index (χ0n) is 12.5. The van der Waals surface area contributed by atoms with Crippen LogP contribution in [0.5, 0.6) is 0 Å². The molecule has 3 nitrogen and oxygen atoms in total. The Morgan fingerprint density at radius 1 is 1.35 bits per heavy atom. The molecule has 0 aliphatic heterocycles. The average Bonchev–Trinajstić information content (AvgIpc) is 2.89. The van der Waals surface area contributed by atoms with Gasteiger partial charge in [-0.15, -0.1) is 11.3 Å². The second-order valence-electron chi connectivity index (χ2n) is 5.07. The quantitative estimate of drug-likeness (QED) is 0.835. The minimum Gasteiger partial charge on any atom is -0.309 e. The van der Waals surface area contributed by atoms with E-state index < -0.39 is 0 Å². The Hall–Kier alpha value is -1.26. The van der Waals surface area contributed by atoms with Gasteiger partial charge in [0.05, 0.1) is 5.69 Å². The summed E-state index contributed by atoms with van der Waals surface area (Å²) in [5, 5.41) is 4.65. The molecule has 0 aliphatic rings. The van der Waals surface area contributed by atoms with Crippen LogP contribution in [-0.2, 0) is 13.0 Å². The molecule has 20 heavy (non-hydrogen) atoms. The van der Waals surface area contributed by atoms with Gasteiger partial charge in [-0.25, -0.2) is 4.98 Å². The molecule has 4 heteroatoms. The number of aromatic nitrogens is 2. The fourth-order valence-corrected chi connectivity index (χ4v) is 3.03. The predicted molar refractivity (Wildman–Crippen MR) is 85.9 cm³/mol. The third-order valence-electron chi connectivity index (χ3n) is 3.40. The van der Waals surface area contributed by atoms with Crippen molar-refractivity contribution in [3.05, 3.63) is 35.1 Å². The number of hydrogen-bond donors (Lipinski definition) is 1. The molecule has 0 bridgehead atoms. The van der Waals surface area contributed by atoms with Gasteiger partial charge < -0.3 is 5.32 Å². The molecule has 2 aromatic rings. The number of thiazole rings is 1. The third-order valence-corrected chi connectivity index (χ3v) is 4.54. The Kier molecular flexibility index (Phi) is 5.68. The van der Waals surface area contributed by atoms with E-state index in [2.05, 4.69) is 37.1 Å². The fourth-order valence-electron chi connectivity index (χ4n) is 1.98. The van der Waals surface area contributed by atoms with E-state index in [-0.39, 0.29) is 0 Å². The van der Waals surface area contributed by atoms with Crippen molar-refractivity contribution in [2.24, 2.45) is 0 Å². The first-order chi connectivity index (χ1) is 9.74. The van der Waals surface area contributed by atoms with Crippen molar-refractivity contribution < 1.29 is 0 Å². The first kappa shape index (κ1) is 15.1. The minimum absolute atomic E-state index is 0.549. The highest BCUT2D eigenvalue weighted by Gasteiger charge is 2.12. The summed E-state index contributed by atoms with van der Waals surface area (Å²) in [6, 6.07) is 4.59. The van der Waals surface area contributed by atoms with Gasteiger partial charge in [0, 0.05) is 35.4 Å². The molecule has 0 amide bonds. The summed E-state index contributed by atoms with van der Waals surface area (Å²) < 4.78 is 0. The van der Waals surface area contributed by atoms with Crippen LogP contribution in [0.15, 0.2) is 24.5 Å². The molecule has 0 radical (unpaired) electrons. The summed E-state index contributed by atoms with van der Waals surface area (Å²) in [5.74, 6) is 0. The van der Waals surface area contributed by atoms with Crippen molar-refractivity contribution in [1.29, 1.82) is 0 Å². The van der Waals surface area contributed by atoms with Crippen molar-refractivity contribution in [3.63, 3.8) is 0 Å². The van der Waals surface area contributed by atoms with Crippen molar-refractivity contribution in [2.45, 2.75) is 52.6 Å². The molecular formula is C16H23N3S. The molecule has 2 heterocycles. The normalized spacial score (nSPS) is 12.6. The molecule has 2 rings (SSSR count). The Morgan fingerprint density at radius 3 is 2.85 bits per heavy atom. The maximum Gasteiger partial charge on any atom is 0.125 e. The van der Waals surface area contributed by atoms with Crippen LogP contribution in [0.3, 0.4) is 0 Å². The van der Waals surface area contributed by atoms with Crippen LogP contribution in [-0.4, -0.2) is 16.0 Å².